The molecule has 1 aliphatic heterocycles. The number of aromatic nitrogens is 1. The van der Waals surface area contributed by atoms with Crippen LogP contribution >= 0.6 is 12.4 Å². The fourth-order valence-electron chi connectivity index (χ4n) is 3.56. The van der Waals surface area contributed by atoms with Crippen molar-refractivity contribution in [2.75, 3.05) is 26.2 Å². The minimum absolute atomic E-state index is 0. The van der Waals surface area contributed by atoms with Crippen LogP contribution in [0, 0.1) is 5.92 Å². The minimum atomic E-state index is 0. The maximum atomic E-state index is 4.28. The summed E-state index contributed by atoms with van der Waals surface area (Å²) in [6.45, 7) is 4.62. The highest BCUT2D eigenvalue weighted by atomic mass is 35.5. The van der Waals surface area contributed by atoms with Crippen molar-refractivity contribution in [1.82, 2.24) is 15.2 Å². The van der Waals surface area contributed by atoms with Gasteiger partial charge in [-0.3, -0.25) is 9.88 Å². The molecular formula is C16H26ClN3. The number of rotatable bonds is 4. The molecule has 1 aromatic heterocycles. The van der Waals surface area contributed by atoms with Crippen LogP contribution in [-0.2, 0) is 0 Å². The molecule has 3 nitrogen and oxygen atoms in total. The molecule has 0 spiro atoms. The first-order valence-electron chi connectivity index (χ1n) is 7.78. The van der Waals surface area contributed by atoms with Crippen LogP contribution in [-0.4, -0.2) is 36.1 Å². The van der Waals surface area contributed by atoms with E-state index in [1.54, 1.807) is 0 Å². The van der Waals surface area contributed by atoms with Gasteiger partial charge in [0.1, 0.15) is 0 Å². The second kappa shape index (κ2) is 7.96. The lowest BCUT2D eigenvalue weighted by Crippen LogP contribution is -2.46. The normalized spacial score (nSPS) is 24.5. The van der Waals surface area contributed by atoms with E-state index in [9.17, 15) is 0 Å². The smallest absolute Gasteiger partial charge is 0.0488 e. The Kier molecular flexibility index (Phi) is 6.27. The fourth-order valence-corrected chi connectivity index (χ4v) is 3.56. The van der Waals surface area contributed by atoms with E-state index in [2.05, 4.69) is 27.3 Å². The zero-order valence-electron chi connectivity index (χ0n) is 12.1. The van der Waals surface area contributed by atoms with Gasteiger partial charge >= 0.3 is 0 Å². The van der Waals surface area contributed by atoms with Gasteiger partial charge in [0.25, 0.3) is 0 Å². The molecule has 2 heterocycles. The van der Waals surface area contributed by atoms with Gasteiger partial charge in [-0.2, -0.15) is 0 Å². The molecule has 112 valence electrons. The van der Waals surface area contributed by atoms with E-state index >= 15 is 0 Å². The number of piperazine rings is 1. The van der Waals surface area contributed by atoms with Crippen LogP contribution in [0.1, 0.15) is 43.7 Å². The maximum Gasteiger partial charge on any atom is 0.0488 e. The van der Waals surface area contributed by atoms with E-state index in [1.807, 2.05) is 12.4 Å². The number of pyridine rings is 1. The molecular weight excluding hydrogens is 270 g/mol. The maximum absolute atomic E-state index is 4.28. The molecule has 3 rings (SSSR count). The summed E-state index contributed by atoms with van der Waals surface area (Å²) >= 11 is 0. The van der Waals surface area contributed by atoms with Crippen molar-refractivity contribution in [2.24, 2.45) is 5.92 Å². The van der Waals surface area contributed by atoms with Gasteiger partial charge in [0, 0.05) is 38.1 Å². The first-order chi connectivity index (χ1) is 9.43. The standard InChI is InChI=1S/C16H25N3.ClH/c1-2-5-14(4-1)7-10-19-11-9-18-13-16(19)15-6-3-8-17-12-15;/h3,6,8,12,14,16,18H,1-2,4-5,7,9-11,13H2;1H. The minimum Gasteiger partial charge on any atom is -0.314 e. The summed E-state index contributed by atoms with van der Waals surface area (Å²) in [5.41, 5.74) is 1.36. The van der Waals surface area contributed by atoms with E-state index in [0.717, 1.165) is 19.0 Å². The summed E-state index contributed by atoms with van der Waals surface area (Å²) in [6, 6.07) is 4.79. The second-order valence-corrected chi connectivity index (χ2v) is 5.98. The second-order valence-electron chi connectivity index (χ2n) is 5.98. The Balaban J connectivity index is 0.00000147. The Morgan fingerprint density at radius 3 is 2.90 bits per heavy atom. The molecule has 0 radical (unpaired) electrons. The van der Waals surface area contributed by atoms with Gasteiger partial charge in [0.15, 0.2) is 0 Å². The summed E-state index contributed by atoms with van der Waals surface area (Å²) in [4.78, 5) is 6.94. The van der Waals surface area contributed by atoms with Crippen LogP contribution in [0.4, 0.5) is 0 Å². The lowest BCUT2D eigenvalue weighted by molar-refractivity contribution is 0.151. The van der Waals surface area contributed by atoms with E-state index in [4.69, 9.17) is 0 Å². The highest BCUT2D eigenvalue weighted by molar-refractivity contribution is 5.85. The van der Waals surface area contributed by atoms with Crippen LogP contribution in [0.2, 0.25) is 0 Å². The molecule has 1 saturated carbocycles. The van der Waals surface area contributed by atoms with E-state index in [0.29, 0.717) is 6.04 Å². The van der Waals surface area contributed by atoms with Gasteiger partial charge in [-0.15, -0.1) is 12.4 Å². The van der Waals surface area contributed by atoms with Crippen molar-refractivity contribution >= 4 is 12.4 Å². The number of hydrogen-bond acceptors (Lipinski definition) is 3. The number of halogens is 1. The van der Waals surface area contributed by atoms with Crippen molar-refractivity contribution in [3.05, 3.63) is 30.1 Å². The molecule has 1 N–H and O–H groups in total. The van der Waals surface area contributed by atoms with Crippen molar-refractivity contribution < 1.29 is 0 Å². The highest BCUT2D eigenvalue weighted by Crippen LogP contribution is 2.29. The van der Waals surface area contributed by atoms with Crippen LogP contribution in [0.25, 0.3) is 0 Å². The highest BCUT2D eigenvalue weighted by Gasteiger charge is 2.25. The lowest BCUT2D eigenvalue weighted by atomic mass is 10.0. The summed E-state index contributed by atoms with van der Waals surface area (Å²) < 4.78 is 0. The molecule has 0 amide bonds. The summed E-state index contributed by atoms with van der Waals surface area (Å²) in [5, 5.41) is 3.52. The predicted molar refractivity (Wildman–Crippen MR) is 85.2 cm³/mol. The molecule has 1 aliphatic carbocycles. The molecule has 4 heteroatoms. The Morgan fingerprint density at radius 1 is 1.30 bits per heavy atom. The van der Waals surface area contributed by atoms with Gasteiger partial charge in [-0.05, 0) is 30.5 Å². The third-order valence-corrected chi connectivity index (χ3v) is 4.72. The zero-order chi connectivity index (χ0) is 12.9. The molecule has 1 unspecified atom stereocenters. The first kappa shape index (κ1) is 15.7. The van der Waals surface area contributed by atoms with Crippen molar-refractivity contribution in [1.29, 1.82) is 0 Å². The number of hydrogen-bond donors (Lipinski definition) is 1. The molecule has 1 aromatic rings. The average Bonchev–Trinajstić information content (AvgIpc) is 3.00. The first-order valence-corrected chi connectivity index (χ1v) is 7.78. The zero-order valence-corrected chi connectivity index (χ0v) is 12.9. The fraction of sp³-hybridized carbons (Fsp3) is 0.688. The third kappa shape index (κ3) is 3.94. The van der Waals surface area contributed by atoms with Gasteiger partial charge in [-0.1, -0.05) is 31.7 Å². The molecule has 2 aliphatic rings. The van der Waals surface area contributed by atoms with Crippen LogP contribution < -0.4 is 5.32 Å². The molecule has 1 atom stereocenters. The third-order valence-electron chi connectivity index (χ3n) is 4.72. The number of nitrogens with one attached hydrogen (secondary N) is 1. The van der Waals surface area contributed by atoms with Crippen LogP contribution in [0.5, 0.6) is 0 Å². The number of nitrogens with zero attached hydrogens (tertiary/aromatic N) is 2. The van der Waals surface area contributed by atoms with E-state index < -0.39 is 0 Å². The Hall–Kier alpha value is -0.640. The summed E-state index contributed by atoms with van der Waals surface area (Å²) in [5.74, 6) is 0.990. The average molecular weight is 296 g/mol. The molecule has 2 fully saturated rings. The van der Waals surface area contributed by atoms with Crippen molar-refractivity contribution in [3.63, 3.8) is 0 Å². The molecule has 0 aromatic carbocycles. The molecule has 1 saturated heterocycles. The summed E-state index contributed by atoms with van der Waals surface area (Å²) in [7, 11) is 0. The predicted octanol–water partition coefficient (Wildman–Crippen LogP) is 3.03. The monoisotopic (exact) mass is 295 g/mol. The van der Waals surface area contributed by atoms with E-state index in [1.165, 1.54) is 50.8 Å². The SMILES string of the molecule is Cl.c1cncc(C2CNCCN2CCC2CCCC2)c1. The Morgan fingerprint density at radius 2 is 2.15 bits per heavy atom. The molecule has 20 heavy (non-hydrogen) atoms. The largest absolute Gasteiger partial charge is 0.314 e. The summed E-state index contributed by atoms with van der Waals surface area (Å²) in [6.07, 6.45) is 11.1. The topological polar surface area (TPSA) is 28.2 Å². The van der Waals surface area contributed by atoms with Crippen molar-refractivity contribution in [2.45, 2.75) is 38.1 Å². The van der Waals surface area contributed by atoms with Crippen LogP contribution in [0.15, 0.2) is 24.5 Å². The van der Waals surface area contributed by atoms with Crippen molar-refractivity contribution in [3.8, 4) is 0 Å². The quantitative estimate of drug-likeness (QED) is 0.925. The van der Waals surface area contributed by atoms with E-state index in [-0.39, 0.29) is 12.4 Å². The lowest BCUT2D eigenvalue weighted by Gasteiger charge is -2.36. The van der Waals surface area contributed by atoms with Gasteiger partial charge in [0.2, 0.25) is 0 Å². The molecule has 0 bridgehead atoms. The Bertz CT molecular complexity index is 379. The van der Waals surface area contributed by atoms with Gasteiger partial charge < -0.3 is 5.32 Å². The van der Waals surface area contributed by atoms with Crippen LogP contribution in [0.3, 0.4) is 0 Å². The van der Waals surface area contributed by atoms with Gasteiger partial charge in [-0.25, -0.2) is 0 Å². The Labute approximate surface area is 128 Å². The van der Waals surface area contributed by atoms with Gasteiger partial charge in [0.05, 0.1) is 0 Å².